The lowest BCUT2D eigenvalue weighted by molar-refractivity contribution is -0.118. The van der Waals surface area contributed by atoms with Crippen molar-refractivity contribution in [2.45, 2.75) is 11.8 Å². The van der Waals surface area contributed by atoms with Crippen LogP contribution in [0.25, 0.3) is 17.1 Å². The van der Waals surface area contributed by atoms with Crippen molar-refractivity contribution in [1.82, 2.24) is 20.2 Å². The van der Waals surface area contributed by atoms with Crippen molar-refractivity contribution >= 4 is 23.9 Å². The molecule has 7 nitrogen and oxygen atoms in total. The lowest BCUT2D eigenvalue weighted by Crippen LogP contribution is -2.20. The lowest BCUT2D eigenvalue weighted by atomic mass is 10.2. The van der Waals surface area contributed by atoms with Gasteiger partial charge in [-0.1, -0.05) is 103 Å². The van der Waals surface area contributed by atoms with Crippen molar-refractivity contribution < 1.29 is 9.53 Å². The monoisotopic (exact) mass is 519 g/mol. The quantitative estimate of drug-likeness (QED) is 0.144. The van der Waals surface area contributed by atoms with E-state index in [4.69, 9.17) is 4.74 Å². The SMILES string of the molecule is O=C(CSc1nnc(-c2ccccc2)n1-c1ccccc1)N/N=C\c1cccc(OCc2ccccc2)c1. The molecular weight excluding hydrogens is 494 g/mol. The molecule has 0 atom stereocenters. The number of para-hydroxylation sites is 1. The van der Waals surface area contributed by atoms with Gasteiger partial charge in [0.25, 0.3) is 5.91 Å². The number of benzene rings is 4. The molecule has 0 unspecified atom stereocenters. The van der Waals surface area contributed by atoms with Crippen LogP contribution in [0.1, 0.15) is 11.1 Å². The van der Waals surface area contributed by atoms with Gasteiger partial charge in [-0.25, -0.2) is 5.43 Å². The second-order valence-electron chi connectivity index (χ2n) is 8.27. The van der Waals surface area contributed by atoms with Crippen molar-refractivity contribution in [1.29, 1.82) is 0 Å². The fraction of sp³-hybridized carbons (Fsp3) is 0.0667. The van der Waals surface area contributed by atoms with Crippen molar-refractivity contribution in [2.24, 2.45) is 5.10 Å². The maximum absolute atomic E-state index is 12.5. The number of hydrazone groups is 1. The van der Waals surface area contributed by atoms with E-state index < -0.39 is 0 Å². The van der Waals surface area contributed by atoms with Gasteiger partial charge >= 0.3 is 0 Å². The highest BCUT2D eigenvalue weighted by Gasteiger charge is 2.17. The van der Waals surface area contributed by atoms with Crippen LogP contribution in [0.3, 0.4) is 0 Å². The van der Waals surface area contributed by atoms with Gasteiger partial charge < -0.3 is 4.74 Å². The average Bonchev–Trinajstić information content (AvgIpc) is 3.41. The van der Waals surface area contributed by atoms with Crippen molar-refractivity contribution in [3.05, 3.63) is 126 Å². The van der Waals surface area contributed by atoms with Gasteiger partial charge in [-0.15, -0.1) is 10.2 Å². The zero-order chi connectivity index (χ0) is 26.0. The maximum Gasteiger partial charge on any atom is 0.250 e. The van der Waals surface area contributed by atoms with Crippen LogP contribution < -0.4 is 10.2 Å². The standard InChI is InChI=1S/C30H25N5O2S/c36-28(32-31-20-24-13-10-18-27(19-24)37-21-23-11-4-1-5-12-23)22-38-30-34-33-29(25-14-6-2-7-15-25)35(30)26-16-8-3-9-17-26/h1-20H,21-22H2,(H,32,36)/b31-20-. The van der Waals surface area contributed by atoms with Crippen LogP contribution >= 0.6 is 11.8 Å². The Bertz CT molecular complexity index is 1510. The van der Waals surface area contributed by atoms with Crippen molar-refractivity contribution in [2.75, 3.05) is 5.75 Å². The molecule has 4 aromatic carbocycles. The topological polar surface area (TPSA) is 81.4 Å². The van der Waals surface area contributed by atoms with Crippen LogP contribution in [0.15, 0.2) is 126 Å². The molecule has 0 aliphatic carbocycles. The van der Waals surface area contributed by atoms with E-state index in [2.05, 4.69) is 20.7 Å². The first-order chi connectivity index (χ1) is 18.8. The predicted octanol–water partition coefficient (Wildman–Crippen LogP) is 5.76. The van der Waals surface area contributed by atoms with Gasteiger partial charge in [0, 0.05) is 11.3 Å². The molecule has 8 heteroatoms. The summed E-state index contributed by atoms with van der Waals surface area (Å²) in [6, 6.07) is 37.2. The van der Waals surface area contributed by atoms with Crippen LogP contribution in [0.2, 0.25) is 0 Å². The van der Waals surface area contributed by atoms with Gasteiger partial charge in [0.1, 0.15) is 12.4 Å². The van der Waals surface area contributed by atoms with Gasteiger partial charge in [0.15, 0.2) is 11.0 Å². The fourth-order valence-corrected chi connectivity index (χ4v) is 4.46. The first-order valence-electron chi connectivity index (χ1n) is 12.0. The minimum atomic E-state index is -0.244. The molecule has 0 spiro atoms. The molecule has 1 N–H and O–H groups in total. The van der Waals surface area contributed by atoms with E-state index in [0.29, 0.717) is 17.6 Å². The molecule has 0 aliphatic rings. The summed E-state index contributed by atoms with van der Waals surface area (Å²) in [7, 11) is 0. The van der Waals surface area contributed by atoms with E-state index in [1.165, 1.54) is 11.8 Å². The van der Waals surface area contributed by atoms with Crippen LogP contribution in [0, 0.1) is 0 Å². The molecule has 1 amide bonds. The number of thioether (sulfide) groups is 1. The first-order valence-corrected chi connectivity index (χ1v) is 13.0. The Morgan fingerprint density at radius 1 is 0.868 bits per heavy atom. The summed E-state index contributed by atoms with van der Waals surface area (Å²) in [5.74, 6) is 1.34. The minimum absolute atomic E-state index is 0.136. The summed E-state index contributed by atoms with van der Waals surface area (Å²) in [6.45, 7) is 0.481. The molecule has 5 aromatic rings. The van der Waals surface area contributed by atoms with E-state index in [0.717, 1.165) is 28.1 Å². The highest BCUT2D eigenvalue weighted by atomic mass is 32.2. The van der Waals surface area contributed by atoms with Crippen LogP contribution in [0.5, 0.6) is 5.75 Å². The number of nitrogens with one attached hydrogen (secondary N) is 1. The molecule has 0 saturated heterocycles. The number of amides is 1. The third-order valence-electron chi connectivity index (χ3n) is 5.52. The van der Waals surface area contributed by atoms with E-state index in [-0.39, 0.29) is 11.7 Å². The van der Waals surface area contributed by atoms with E-state index >= 15 is 0 Å². The summed E-state index contributed by atoms with van der Waals surface area (Å²) >= 11 is 1.30. The number of hydrogen-bond donors (Lipinski definition) is 1. The second-order valence-corrected chi connectivity index (χ2v) is 9.21. The number of carbonyl (C=O) groups is 1. The molecule has 1 aromatic heterocycles. The van der Waals surface area contributed by atoms with E-state index in [9.17, 15) is 4.79 Å². The summed E-state index contributed by atoms with van der Waals surface area (Å²) in [5.41, 5.74) is 6.37. The van der Waals surface area contributed by atoms with Crippen molar-refractivity contribution in [3.63, 3.8) is 0 Å². The third kappa shape index (κ3) is 6.54. The number of nitrogens with zero attached hydrogens (tertiary/aromatic N) is 4. The number of ether oxygens (including phenoxy) is 1. The molecule has 0 fully saturated rings. The van der Waals surface area contributed by atoms with Crippen LogP contribution in [-0.2, 0) is 11.4 Å². The average molecular weight is 520 g/mol. The van der Waals surface area contributed by atoms with E-state index in [1.54, 1.807) is 6.21 Å². The van der Waals surface area contributed by atoms with E-state index in [1.807, 2.05) is 120 Å². The van der Waals surface area contributed by atoms with Gasteiger partial charge in [-0.05, 0) is 35.4 Å². The van der Waals surface area contributed by atoms with Gasteiger partial charge in [-0.3, -0.25) is 9.36 Å². The fourth-order valence-electron chi connectivity index (χ4n) is 3.71. The Morgan fingerprint density at radius 2 is 1.58 bits per heavy atom. The van der Waals surface area contributed by atoms with Gasteiger partial charge in [-0.2, -0.15) is 5.10 Å². The Balaban J connectivity index is 1.20. The smallest absolute Gasteiger partial charge is 0.250 e. The maximum atomic E-state index is 12.5. The lowest BCUT2D eigenvalue weighted by Gasteiger charge is -2.10. The number of hydrogen-bond acceptors (Lipinski definition) is 6. The largest absolute Gasteiger partial charge is 0.489 e. The summed E-state index contributed by atoms with van der Waals surface area (Å²) < 4.78 is 7.82. The van der Waals surface area contributed by atoms with Crippen LogP contribution in [-0.4, -0.2) is 32.6 Å². The van der Waals surface area contributed by atoms with Crippen molar-refractivity contribution in [3.8, 4) is 22.8 Å². The highest BCUT2D eigenvalue weighted by molar-refractivity contribution is 7.99. The summed E-state index contributed by atoms with van der Waals surface area (Å²) in [4.78, 5) is 12.5. The molecule has 1 heterocycles. The third-order valence-corrected chi connectivity index (χ3v) is 6.45. The Labute approximate surface area is 225 Å². The first kappa shape index (κ1) is 25.0. The van der Waals surface area contributed by atoms with Gasteiger partial charge in [0.2, 0.25) is 0 Å². The highest BCUT2D eigenvalue weighted by Crippen LogP contribution is 2.27. The number of rotatable bonds is 10. The molecule has 0 bridgehead atoms. The zero-order valence-corrected chi connectivity index (χ0v) is 21.3. The zero-order valence-electron chi connectivity index (χ0n) is 20.5. The molecule has 188 valence electrons. The van der Waals surface area contributed by atoms with Gasteiger partial charge in [0.05, 0.1) is 12.0 Å². The number of aromatic nitrogens is 3. The summed E-state index contributed by atoms with van der Waals surface area (Å²) in [6.07, 6.45) is 1.60. The molecule has 0 radical (unpaired) electrons. The Morgan fingerprint density at radius 3 is 2.34 bits per heavy atom. The normalized spacial score (nSPS) is 10.9. The molecule has 0 aliphatic heterocycles. The molecular formula is C30H25N5O2S. The Kier molecular flexibility index (Phi) is 8.23. The predicted molar refractivity (Wildman–Crippen MR) is 150 cm³/mol. The summed E-state index contributed by atoms with van der Waals surface area (Å²) in [5, 5.41) is 13.5. The minimum Gasteiger partial charge on any atom is -0.489 e. The molecule has 0 saturated carbocycles. The molecule has 5 rings (SSSR count). The number of carbonyl (C=O) groups excluding carboxylic acids is 1. The molecule has 38 heavy (non-hydrogen) atoms. The van der Waals surface area contributed by atoms with Crippen LogP contribution in [0.4, 0.5) is 0 Å². The second kappa shape index (κ2) is 12.5. The Hall–Kier alpha value is -4.69.